The molecule has 0 aromatic rings. The molecule has 0 bridgehead atoms. The Morgan fingerprint density at radius 3 is 2.63 bits per heavy atom. The molecule has 2 aliphatic rings. The summed E-state index contributed by atoms with van der Waals surface area (Å²) < 4.78 is 38.2. The van der Waals surface area contributed by atoms with Crippen LogP contribution in [0.3, 0.4) is 0 Å². The maximum absolute atomic E-state index is 12.7. The first-order valence-electron chi connectivity index (χ1n) is 7.44. The molecule has 2 rings (SSSR count). The second-order valence-electron chi connectivity index (χ2n) is 6.28. The molecule has 5 heteroatoms. The van der Waals surface area contributed by atoms with Gasteiger partial charge in [-0.1, -0.05) is 6.42 Å². The first kappa shape index (κ1) is 15.1. The fourth-order valence-corrected chi connectivity index (χ4v) is 3.45. The van der Waals surface area contributed by atoms with E-state index in [0.29, 0.717) is 18.8 Å². The van der Waals surface area contributed by atoms with E-state index >= 15 is 0 Å². The van der Waals surface area contributed by atoms with Gasteiger partial charge in [0.15, 0.2) is 0 Å². The Morgan fingerprint density at radius 1 is 1.16 bits per heavy atom. The van der Waals surface area contributed by atoms with Crippen molar-refractivity contribution in [3.63, 3.8) is 0 Å². The van der Waals surface area contributed by atoms with E-state index in [-0.39, 0.29) is 12.5 Å². The number of likely N-dealkylation sites (tertiary alicyclic amines) is 1. The average molecular weight is 278 g/mol. The first-order chi connectivity index (χ1) is 8.95. The highest BCUT2D eigenvalue weighted by atomic mass is 19.4. The van der Waals surface area contributed by atoms with Crippen LogP contribution in [0.5, 0.6) is 0 Å². The molecular formula is C14H25F3N2. The van der Waals surface area contributed by atoms with Crippen molar-refractivity contribution in [2.24, 2.45) is 11.8 Å². The third-order valence-corrected chi connectivity index (χ3v) is 4.55. The molecular weight excluding hydrogens is 253 g/mol. The summed E-state index contributed by atoms with van der Waals surface area (Å²) in [5, 5.41) is 3.39. The quantitative estimate of drug-likeness (QED) is 0.853. The zero-order valence-corrected chi connectivity index (χ0v) is 11.7. The molecule has 1 N–H and O–H groups in total. The van der Waals surface area contributed by atoms with E-state index in [4.69, 9.17) is 0 Å². The molecule has 1 aliphatic carbocycles. The van der Waals surface area contributed by atoms with Gasteiger partial charge >= 0.3 is 6.18 Å². The van der Waals surface area contributed by atoms with Gasteiger partial charge < -0.3 is 10.2 Å². The number of nitrogens with zero attached hydrogens (tertiary/aromatic N) is 1. The third kappa shape index (κ3) is 4.63. The Kier molecular flexibility index (Phi) is 5.12. The third-order valence-electron chi connectivity index (χ3n) is 4.55. The number of rotatable bonds is 3. The summed E-state index contributed by atoms with van der Waals surface area (Å²) in [6.07, 6.45) is 0.582. The Balaban J connectivity index is 1.73. The van der Waals surface area contributed by atoms with Crippen LogP contribution in [0, 0.1) is 11.8 Å². The largest absolute Gasteiger partial charge is 0.391 e. The molecule has 1 heterocycles. The van der Waals surface area contributed by atoms with Crippen LogP contribution in [0.2, 0.25) is 0 Å². The fraction of sp³-hybridized carbons (Fsp3) is 1.00. The lowest BCUT2D eigenvalue weighted by atomic mass is 9.85. The second kappa shape index (κ2) is 6.44. The Labute approximate surface area is 113 Å². The number of alkyl halides is 3. The van der Waals surface area contributed by atoms with Crippen molar-refractivity contribution >= 4 is 0 Å². The average Bonchev–Trinajstić information content (AvgIpc) is 2.36. The monoisotopic (exact) mass is 278 g/mol. The van der Waals surface area contributed by atoms with Gasteiger partial charge in [-0.2, -0.15) is 13.2 Å². The van der Waals surface area contributed by atoms with E-state index in [1.54, 1.807) is 0 Å². The van der Waals surface area contributed by atoms with Crippen molar-refractivity contribution in [3.8, 4) is 0 Å². The summed E-state index contributed by atoms with van der Waals surface area (Å²) in [5.74, 6) is -0.488. The minimum absolute atomic E-state index is 0.0626. The number of halogens is 3. The molecule has 0 spiro atoms. The minimum Gasteiger partial charge on any atom is -0.314 e. The highest BCUT2D eigenvalue weighted by molar-refractivity contribution is 4.83. The molecule has 112 valence electrons. The number of piperidine rings is 1. The maximum atomic E-state index is 12.7. The van der Waals surface area contributed by atoms with E-state index in [2.05, 4.69) is 17.3 Å². The molecule has 0 radical (unpaired) electrons. The molecule has 0 aromatic heterocycles. The molecule has 1 aliphatic heterocycles. The van der Waals surface area contributed by atoms with Crippen molar-refractivity contribution in [1.82, 2.24) is 10.2 Å². The lowest BCUT2D eigenvalue weighted by molar-refractivity contribution is -0.183. The van der Waals surface area contributed by atoms with Crippen LogP contribution in [0.15, 0.2) is 0 Å². The molecule has 0 amide bonds. The van der Waals surface area contributed by atoms with Crippen molar-refractivity contribution in [2.75, 3.05) is 26.7 Å². The van der Waals surface area contributed by atoms with Crippen molar-refractivity contribution in [1.29, 1.82) is 0 Å². The summed E-state index contributed by atoms with van der Waals surface area (Å²) in [6.45, 7) is 3.10. The standard InChI is InChI=1S/C14H25F3N2/c1-19-7-3-4-11(10-19)9-18-13-6-2-5-12(8-13)14(15,16)17/h11-13,18H,2-10H2,1H3. The Morgan fingerprint density at radius 2 is 1.95 bits per heavy atom. The normalized spacial score (nSPS) is 34.4. The number of nitrogens with one attached hydrogen (secondary N) is 1. The molecule has 0 aromatic carbocycles. The van der Waals surface area contributed by atoms with Crippen LogP contribution in [-0.2, 0) is 0 Å². The lowest BCUT2D eigenvalue weighted by Crippen LogP contribution is -2.43. The van der Waals surface area contributed by atoms with Crippen molar-refractivity contribution in [2.45, 2.75) is 50.7 Å². The van der Waals surface area contributed by atoms with Gasteiger partial charge in [0.1, 0.15) is 0 Å². The SMILES string of the molecule is CN1CCCC(CNC2CCCC(C(F)(F)F)C2)C1. The number of hydrogen-bond donors (Lipinski definition) is 1. The van der Waals surface area contributed by atoms with Gasteiger partial charge in [-0.05, 0) is 58.2 Å². The van der Waals surface area contributed by atoms with Gasteiger partial charge in [0.2, 0.25) is 0 Å². The number of hydrogen-bond acceptors (Lipinski definition) is 2. The second-order valence-corrected chi connectivity index (χ2v) is 6.28. The summed E-state index contributed by atoms with van der Waals surface area (Å²) in [5.41, 5.74) is 0. The minimum atomic E-state index is -4.01. The summed E-state index contributed by atoms with van der Waals surface area (Å²) >= 11 is 0. The molecule has 3 unspecified atom stereocenters. The van der Waals surface area contributed by atoms with Gasteiger partial charge in [-0.3, -0.25) is 0 Å². The summed E-state index contributed by atoms with van der Waals surface area (Å²) in [6, 6.07) is 0.0626. The van der Waals surface area contributed by atoms with Gasteiger partial charge in [0, 0.05) is 12.6 Å². The van der Waals surface area contributed by atoms with Crippen LogP contribution >= 0.6 is 0 Å². The fourth-order valence-electron chi connectivity index (χ4n) is 3.45. The van der Waals surface area contributed by atoms with E-state index in [1.165, 1.54) is 12.8 Å². The zero-order valence-electron chi connectivity index (χ0n) is 11.7. The molecule has 2 fully saturated rings. The highest BCUT2D eigenvalue weighted by Crippen LogP contribution is 2.37. The van der Waals surface area contributed by atoms with Gasteiger partial charge in [0.25, 0.3) is 0 Å². The lowest BCUT2D eigenvalue weighted by Gasteiger charge is -2.34. The van der Waals surface area contributed by atoms with Crippen molar-refractivity contribution < 1.29 is 13.2 Å². The van der Waals surface area contributed by atoms with Crippen LogP contribution < -0.4 is 5.32 Å². The molecule has 1 saturated heterocycles. The Bertz CT molecular complexity index is 280. The predicted octanol–water partition coefficient (Wildman–Crippen LogP) is 3.04. The van der Waals surface area contributed by atoms with Crippen molar-refractivity contribution in [3.05, 3.63) is 0 Å². The van der Waals surface area contributed by atoms with Crippen LogP contribution in [0.1, 0.15) is 38.5 Å². The maximum Gasteiger partial charge on any atom is 0.391 e. The molecule has 19 heavy (non-hydrogen) atoms. The van der Waals surface area contributed by atoms with E-state index in [1.807, 2.05) is 0 Å². The van der Waals surface area contributed by atoms with Gasteiger partial charge in [-0.25, -0.2) is 0 Å². The smallest absolute Gasteiger partial charge is 0.314 e. The van der Waals surface area contributed by atoms with E-state index in [0.717, 1.165) is 26.1 Å². The van der Waals surface area contributed by atoms with Gasteiger partial charge in [-0.15, -0.1) is 0 Å². The van der Waals surface area contributed by atoms with Crippen LogP contribution in [-0.4, -0.2) is 43.8 Å². The van der Waals surface area contributed by atoms with E-state index < -0.39 is 12.1 Å². The highest BCUT2D eigenvalue weighted by Gasteiger charge is 2.42. The molecule has 1 saturated carbocycles. The topological polar surface area (TPSA) is 15.3 Å². The van der Waals surface area contributed by atoms with Crippen LogP contribution in [0.25, 0.3) is 0 Å². The zero-order chi connectivity index (χ0) is 13.9. The Hall–Kier alpha value is -0.290. The van der Waals surface area contributed by atoms with Crippen LogP contribution in [0.4, 0.5) is 13.2 Å². The first-order valence-corrected chi connectivity index (χ1v) is 7.44. The molecule has 2 nitrogen and oxygen atoms in total. The predicted molar refractivity (Wildman–Crippen MR) is 70.0 cm³/mol. The summed E-state index contributed by atoms with van der Waals surface area (Å²) in [4.78, 5) is 2.31. The van der Waals surface area contributed by atoms with Gasteiger partial charge in [0.05, 0.1) is 5.92 Å². The van der Waals surface area contributed by atoms with E-state index in [9.17, 15) is 13.2 Å². The molecule has 3 atom stereocenters. The summed E-state index contributed by atoms with van der Waals surface area (Å²) in [7, 11) is 2.12.